The summed E-state index contributed by atoms with van der Waals surface area (Å²) >= 11 is 0. The number of amides is 1. The van der Waals surface area contributed by atoms with Crippen molar-refractivity contribution in [2.75, 3.05) is 6.54 Å². The van der Waals surface area contributed by atoms with Gasteiger partial charge in [-0.3, -0.25) is 9.78 Å². The smallest absolute Gasteiger partial charge is 0.230 e. The van der Waals surface area contributed by atoms with Crippen LogP contribution in [-0.4, -0.2) is 17.4 Å². The third-order valence-electron chi connectivity index (χ3n) is 3.51. The highest BCUT2D eigenvalue weighted by Crippen LogP contribution is 2.22. The number of carbonyl (C=O) groups excluding carboxylic acids is 1. The minimum Gasteiger partial charge on any atom is -0.355 e. The SMILES string of the molecule is CC(C)(C(=O)NCCc1ccncc1)c1ccccc1. The molecule has 0 bridgehead atoms. The minimum absolute atomic E-state index is 0.0535. The molecule has 0 spiro atoms. The van der Waals surface area contributed by atoms with Crippen LogP contribution in [0.4, 0.5) is 0 Å². The first-order chi connectivity index (χ1) is 9.60. The molecule has 0 aliphatic rings. The van der Waals surface area contributed by atoms with Gasteiger partial charge in [0.05, 0.1) is 5.41 Å². The van der Waals surface area contributed by atoms with E-state index in [0.29, 0.717) is 6.54 Å². The van der Waals surface area contributed by atoms with E-state index in [1.165, 1.54) is 5.56 Å². The summed E-state index contributed by atoms with van der Waals surface area (Å²) in [6, 6.07) is 13.8. The zero-order valence-electron chi connectivity index (χ0n) is 12.0. The molecular weight excluding hydrogens is 248 g/mol. The van der Waals surface area contributed by atoms with Crippen molar-refractivity contribution in [3.05, 3.63) is 66.0 Å². The standard InChI is InChI=1S/C17H20N2O/c1-17(2,15-6-4-3-5-7-15)16(20)19-13-10-14-8-11-18-12-9-14/h3-9,11-12H,10,13H2,1-2H3,(H,19,20). The molecule has 0 atom stereocenters. The molecule has 1 heterocycles. The molecule has 104 valence electrons. The van der Waals surface area contributed by atoms with E-state index in [0.717, 1.165) is 12.0 Å². The molecule has 0 radical (unpaired) electrons. The Morgan fingerprint density at radius 3 is 2.40 bits per heavy atom. The maximum Gasteiger partial charge on any atom is 0.230 e. The highest BCUT2D eigenvalue weighted by atomic mass is 16.2. The maximum atomic E-state index is 12.3. The van der Waals surface area contributed by atoms with E-state index in [1.807, 2.05) is 56.3 Å². The van der Waals surface area contributed by atoms with Gasteiger partial charge >= 0.3 is 0 Å². The molecule has 1 aromatic heterocycles. The quantitative estimate of drug-likeness (QED) is 0.906. The van der Waals surface area contributed by atoms with Crippen LogP contribution in [0.3, 0.4) is 0 Å². The van der Waals surface area contributed by atoms with Gasteiger partial charge in [0.2, 0.25) is 5.91 Å². The zero-order valence-corrected chi connectivity index (χ0v) is 12.0. The maximum absolute atomic E-state index is 12.3. The predicted octanol–water partition coefficient (Wildman–Crippen LogP) is 2.72. The molecule has 0 saturated heterocycles. The van der Waals surface area contributed by atoms with Crippen LogP contribution < -0.4 is 5.32 Å². The van der Waals surface area contributed by atoms with Crippen LogP contribution in [0.15, 0.2) is 54.9 Å². The van der Waals surface area contributed by atoms with Gasteiger partial charge in [0.25, 0.3) is 0 Å². The summed E-state index contributed by atoms with van der Waals surface area (Å²) in [4.78, 5) is 16.3. The molecule has 1 aromatic carbocycles. The lowest BCUT2D eigenvalue weighted by Gasteiger charge is -2.24. The zero-order chi connectivity index (χ0) is 14.4. The van der Waals surface area contributed by atoms with E-state index in [-0.39, 0.29) is 5.91 Å². The van der Waals surface area contributed by atoms with Crippen molar-refractivity contribution >= 4 is 5.91 Å². The van der Waals surface area contributed by atoms with Crippen LogP contribution in [0.25, 0.3) is 0 Å². The van der Waals surface area contributed by atoms with Crippen molar-refractivity contribution in [1.82, 2.24) is 10.3 Å². The van der Waals surface area contributed by atoms with Crippen molar-refractivity contribution in [2.24, 2.45) is 0 Å². The van der Waals surface area contributed by atoms with Crippen molar-refractivity contribution in [1.29, 1.82) is 0 Å². The van der Waals surface area contributed by atoms with Crippen LogP contribution in [0.2, 0.25) is 0 Å². The molecule has 0 aliphatic carbocycles. The molecule has 0 aliphatic heterocycles. The van der Waals surface area contributed by atoms with Crippen LogP contribution in [0.1, 0.15) is 25.0 Å². The summed E-state index contributed by atoms with van der Waals surface area (Å²) in [5.74, 6) is 0.0535. The van der Waals surface area contributed by atoms with Crippen LogP contribution >= 0.6 is 0 Å². The Hall–Kier alpha value is -2.16. The minimum atomic E-state index is -0.514. The topological polar surface area (TPSA) is 42.0 Å². The van der Waals surface area contributed by atoms with E-state index < -0.39 is 5.41 Å². The van der Waals surface area contributed by atoms with Gasteiger partial charge in [-0.1, -0.05) is 30.3 Å². The van der Waals surface area contributed by atoms with Crippen LogP contribution in [0, 0.1) is 0 Å². The monoisotopic (exact) mass is 268 g/mol. The van der Waals surface area contributed by atoms with E-state index >= 15 is 0 Å². The number of nitrogens with zero attached hydrogens (tertiary/aromatic N) is 1. The van der Waals surface area contributed by atoms with Gasteiger partial charge in [0, 0.05) is 18.9 Å². The molecule has 3 nitrogen and oxygen atoms in total. The Morgan fingerprint density at radius 2 is 1.75 bits per heavy atom. The van der Waals surface area contributed by atoms with Crippen LogP contribution in [0.5, 0.6) is 0 Å². The van der Waals surface area contributed by atoms with Crippen molar-refractivity contribution in [2.45, 2.75) is 25.7 Å². The normalized spacial score (nSPS) is 11.1. The van der Waals surface area contributed by atoms with E-state index in [2.05, 4.69) is 10.3 Å². The number of nitrogens with one attached hydrogen (secondary N) is 1. The molecular formula is C17H20N2O. The highest BCUT2D eigenvalue weighted by Gasteiger charge is 2.28. The van der Waals surface area contributed by atoms with Gasteiger partial charge in [-0.25, -0.2) is 0 Å². The second-order valence-corrected chi connectivity index (χ2v) is 5.35. The van der Waals surface area contributed by atoms with E-state index in [4.69, 9.17) is 0 Å². The summed E-state index contributed by atoms with van der Waals surface area (Å²) in [6.07, 6.45) is 4.36. The fourth-order valence-electron chi connectivity index (χ4n) is 2.08. The molecule has 1 amide bonds. The molecule has 2 aromatic rings. The van der Waals surface area contributed by atoms with Gasteiger partial charge < -0.3 is 5.32 Å². The van der Waals surface area contributed by atoms with E-state index in [9.17, 15) is 4.79 Å². The Kier molecular flexibility index (Phi) is 4.51. The number of carbonyl (C=O) groups is 1. The number of benzene rings is 1. The van der Waals surface area contributed by atoms with Crippen molar-refractivity contribution < 1.29 is 4.79 Å². The molecule has 0 unspecified atom stereocenters. The number of pyridine rings is 1. The van der Waals surface area contributed by atoms with Crippen molar-refractivity contribution in [3.63, 3.8) is 0 Å². The Balaban J connectivity index is 1.91. The first-order valence-electron chi connectivity index (χ1n) is 6.83. The fraction of sp³-hybridized carbons (Fsp3) is 0.294. The second kappa shape index (κ2) is 6.33. The summed E-state index contributed by atoms with van der Waals surface area (Å²) in [7, 11) is 0. The molecule has 1 N–H and O–H groups in total. The third-order valence-corrected chi connectivity index (χ3v) is 3.51. The van der Waals surface area contributed by atoms with Crippen LogP contribution in [-0.2, 0) is 16.6 Å². The lowest BCUT2D eigenvalue weighted by Crippen LogP contribution is -2.40. The highest BCUT2D eigenvalue weighted by molar-refractivity contribution is 5.87. The average Bonchev–Trinajstić information content (AvgIpc) is 2.49. The number of aromatic nitrogens is 1. The largest absolute Gasteiger partial charge is 0.355 e. The van der Waals surface area contributed by atoms with Gasteiger partial charge in [0.1, 0.15) is 0 Å². The first-order valence-corrected chi connectivity index (χ1v) is 6.83. The average molecular weight is 268 g/mol. The summed E-state index contributed by atoms with van der Waals surface area (Å²) in [5, 5.41) is 3.01. The third kappa shape index (κ3) is 3.44. The Labute approximate surface area is 120 Å². The Morgan fingerprint density at radius 1 is 1.10 bits per heavy atom. The molecule has 2 rings (SSSR count). The second-order valence-electron chi connectivity index (χ2n) is 5.35. The predicted molar refractivity (Wildman–Crippen MR) is 80.4 cm³/mol. The van der Waals surface area contributed by atoms with Gasteiger partial charge in [-0.2, -0.15) is 0 Å². The molecule has 0 fully saturated rings. The number of rotatable bonds is 5. The number of hydrogen-bond acceptors (Lipinski definition) is 2. The summed E-state index contributed by atoms with van der Waals surface area (Å²) in [5.41, 5.74) is 1.69. The molecule has 20 heavy (non-hydrogen) atoms. The molecule has 0 saturated carbocycles. The summed E-state index contributed by atoms with van der Waals surface area (Å²) < 4.78 is 0. The number of hydrogen-bond donors (Lipinski definition) is 1. The Bertz CT molecular complexity index is 550. The van der Waals surface area contributed by atoms with Gasteiger partial charge in [0.15, 0.2) is 0 Å². The molecule has 3 heteroatoms. The van der Waals surface area contributed by atoms with Gasteiger partial charge in [-0.15, -0.1) is 0 Å². The fourth-order valence-corrected chi connectivity index (χ4v) is 2.08. The summed E-state index contributed by atoms with van der Waals surface area (Å²) in [6.45, 7) is 4.54. The lowest BCUT2D eigenvalue weighted by atomic mass is 9.84. The van der Waals surface area contributed by atoms with Crippen molar-refractivity contribution in [3.8, 4) is 0 Å². The van der Waals surface area contributed by atoms with Gasteiger partial charge in [-0.05, 0) is 43.5 Å². The van der Waals surface area contributed by atoms with E-state index in [1.54, 1.807) is 12.4 Å². The first kappa shape index (κ1) is 14.3. The lowest BCUT2D eigenvalue weighted by molar-refractivity contribution is -0.125.